The Balaban J connectivity index is 1.96. The first-order valence-corrected chi connectivity index (χ1v) is 9.99. The van der Waals surface area contributed by atoms with E-state index in [0.29, 0.717) is 6.42 Å². The minimum absolute atomic E-state index is 0.343. The van der Waals surface area contributed by atoms with Crippen molar-refractivity contribution in [1.82, 2.24) is 4.41 Å². The Morgan fingerprint density at radius 3 is 2.29 bits per heavy atom. The quantitative estimate of drug-likeness (QED) is 0.776. The number of sulfonamides is 1. The maximum Gasteiger partial charge on any atom is 0.247 e. The highest BCUT2D eigenvalue weighted by molar-refractivity contribution is 9.10. The van der Waals surface area contributed by atoms with Crippen molar-refractivity contribution >= 4 is 31.7 Å². The first-order chi connectivity index (χ1) is 11.4. The Labute approximate surface area is 150 Å². The second kappa shape index (κ2) is 6.57. The van der Waals surface area contributed by atoms with Crippen LogP contribution in [0.2, 0.25) is 0 Å². The number of hydrazone groups is 1. The summed E-state index contributed by atoms with van der Waals surface area (Å²) in [6.45, 7) is 0. The monoisotopic (exact) mass is 408 g/mol. The van der Waals surface area contributed by atoms with Crippen LogP contribution < -0.4 is 4.74 Å². The maximum absolute atomic E-state index is 12.2. The van der Waals surface area contributed by atoms with E-state index >= 15 is 0 Å². The molecule has 1 aliphatic rings. The van der Waals surface area contributed by atoms with E-state index in [1.807, 2.05) is 48.5 Å². The SMILES string of the molecule is COc1ccc([C@H]2CC(c3ccc(Br)cc3)=NN2S(C)(=O)=O)cc1. The van der Waals surface area contributed by atoms with Crippen LogP contribution in [0.1, 0.15) is 23.6 Å². The van der Waals surface area contributed by atoms with Crippen LogP contribution in [0.15, 0.2) is 58.1 Å². The van der Waals surface area contributed by atoms with Gasteiger partial charge < -0.3 is 4.74 Å². The highest BCUT2D eigenvalue weighted by atomic mass is 79.9. The summed E-state index contributed by atoms with van der Waals surface area (Å²) in [6, 6.07) is 14.8. The van der Waals surface area contributed by atoms with E-state index in [9.17, 15) is 8.42 Å². The molecular formula is C17H17BrN2O3S. The summed E-state index contributed by atoms with van der Waals surface area (Å²) in [5.74, 6) is 0.733. The van der Waals surface area contributed by atoms with Gasteiger partial charge in [-0.3, -0.25) is 0 Å². The van der Waals surface area contributed by atoms with Crippen LogP contribution >= 0.6 is 15.9 Å². The summed E-state index contributed by atoms with van der Waals surface area (Å²) in [5.41, 5.74) is 2.56. The molecule has 0 N–H and O–H groups in total. The van der Waals surface area contributed by atoms with Crippen LogP contribution in [0.3, 0.4) is 0 Å². The van der Waals surface area contributed by atoms with Gasteiger partial charge in [-0.1, -0.05) is 40.2 Å². The van der Waals surface area contributed by atoms with Crippen LogP contribution in [0.25, 0.3) is 0 Å². The van der Waals surface area contributed by atoms with Crippen LogP contribution in [-0.2, 0) is 10.0 Å². The highest BCUT2D eigenvalue weighted by Crippen LogP contribution is 2.35. The van der Waals surface area contributed by atoms with Gasteiger partial charge in [-0.05, 0) is 35.4 Å². The van der Waals surface area contributed by atoms with Crippen molar-refractivity contribution in [2.45, 2.75) is 12.5 Å². The molecular weight excluding hydrogens is 392 g/mol. The van der Waals surface area contributed by atoms with E-state index in [4.69, 9.17) is 4.74 Å². The molecule has 24 heavy (non-hydrogen) atoms. The normalized spacial score (nSPS) is 17.7. The van der Waals surface area contributed by atoms with Gasteiger partial charge in [0.05, 0.1) is 25.1 Å². The van der Waals surface area contributed by atoms with Crippen molar-refractivity contribution in [3.8, 4) is 5.75 Å². The van der Waals surface area contributed by atoms with E-state index in [1.165, 1.54) is 10.7 Å². The number of methoxy groups -OCH3 is 1. The second-order valence-electron chi connectivity index (χ2n) is 5.58. The van der Waals surface area contributed by atoms with Crippen LogP contribution in [-0.4, -0.2) is 31.9 Å². The Kier molecular flexibility index (Phi) is 4.64. The molecule has 0 saturated carbocycles. The molecule has 0 aliphatic carbocycles. The largest absolute Gasteiger partial charge is 0.497 e. The molecule has 0 aromatic heterocycles. The van der Waals surface area contributed by atoms with Gasteiger partial charge in [-0.25, -0.2) is 8.42 Å². The summed E-state index contributed by atoms with van der Waals surface area (Å²) < 4.78 is 31.6. The zero-order chi connectivity index (χ0) is 17.3. The van der Waals surface area contributed by atoms with Gasteiger partial charge in [0.15, 0.2) is 0 Å². The Morgan fingerprint density at radius 2 is 1.75 bits per heavy atom. The number of hydrogen-bond donors (Lipinski definition) is 0. The van der Waals surface area contributed by atoms with Crippen molar-refractivity contribution < 1.29 is 13.2 Å². The summed E-state index contributed by atoms with van der Waals surface area (Å²) in [4.78, 5) is 0. The van der Waals surface area contributed by atoms with Gasteiger partial charge >= 0.3 is 0 Å². The summed E-state index contributed by atoms with van der Waals surface area (Å²) in [7, 11) is -1.86. The van der Waals surface area contributed by atoms with Crippen molar-refractivity contribution in [1.29, 1.82) is 0 Å². The van der Waals surface area contributed by atoms with Crippen LogP contribution in [0.5, 0.6) is 5.75 Å². The molecule has 0 fully saturated rings. The predicted octanol–water partition coefficient (Wildman–Crippen LogP) is 3.57. The molecule has 0 amide bonds. The Morgan fingerprint density at radius 1 is 1.12 bits per heavy atom. The molecule has 126 valence electrons. The Bertz CT molecular complexity index is 862. The zero-order valence-electron chi connectivity index (χ0n) is 13.3. The van der Waals surface area contributed by atoms with E-state index < -0.39 is 10.0 Å². The highest BCUT2D eigenvalue weighted by Gasteiger charge is 2.34. The summed E-state index contributed by atoms with van der Waals surface area (Å²) in [5, 5.41) is 4.38. The molecule has 1 atom stereocenters. The lowest BCUT2D eigenvalue weighted by Gasteiger charge is -2.21. The van der Waals surface area contributed by atoms with E-state index in [0.717, 1.165) is 27.1 Å². The number of hydrogen-bond acceptors (Lipinski definition) is 4. The molecule has 0 bridgehead atoms. The minimum atomic E-state index is -3.46. The lowest BCUT2D eigenvalue weighted by atomic mass is 9.99. The van der Waals surface area contributed by atoms with E-state index in [1.54, 1.807) is 7.11 Å². The van der Waals surface area contributed by atoms with Gasteiger partial charge in [-0.2, -0.15) is 9.52 Å². The zero-order valence-corrected chi connectivity index (χ0v) is 15.7. The Hall–Kier alpha value is -1.86. The molecule has 0 spiro atoms. The molecule has 2 aromatic rings. The number of nitrogens with zero attached hydrogens (tertiary/aromatic N) is 2. The number of benzene rings is 2. The third kappa shape index (κ3) is 3.47. The smallest absolute Gasteiger partial charge is 0.247 e. The standard InChI is InChI=1S/C17H17BrN2O3S/c1-23-15-9-5-13(6-10-15)17-11-16(19-20(17)24(2,21)22)12-3-7-14(18)8-4-12/h3-10,17H,11H2,1-2H3/t17-/m1/s1. The van der Waals surface area contributed by atoms with Crippen molar-refractivity contribution in [2.24, 2.45) is 5.10 Å². The molecule has 0 radical (unpaired) electrons. The molecule has 0 unspecified atom stereocenters. The second-order valence-corrected chi connectivity index (χ2v) is 8.34. The average molecular weight is 409 g/mol. The van der Waals surface area contributed by atoms with Crippen molar-refractivity contribution in [2.75, 3.05) is 13.4 Å². The fraction of sp³-hybridized carbons (Fsp3) is 0.235. The summed E-state index contributed by atoms with van der Waals surface area (Å²) in [6.07, 6.45) is 1.71. The summed E-state index contributed by atoms with van der Waals surface area (Å²) >= 11 is 3.40. The molecule has 5 nitrogen and oxygen atoms in total. The van der Waals surface area contributed by atoms with Gasteiger partial charge in [0.2, 0.25) is 10.0 Å². The minimum Gasteiger partial charge on any atom is -0.497 e. The molecule has 3 rings (SSSR count). The molecule has 2 aromatic carbocycles. The van der Waals surface area contributed by atoms with Crippen LogP contribution in [0.4, 0.5) is 0 Å². The fourth-order valence-electron chi connectivity index (χ4n) is 2.69. The average Bonchev–Trinajstić information content (AvgIpc) is 3.01. The predicted molar refractivity (Wildman–Crippen MR) is 97.7 cm³/mol. The van der Waals surface area contributed by atoms with Gasteiger partial charge in [0.25, 0.3) is 0 Å². The molecule has 1 aliphatic heterocycles. The molecule has 7 heteroatoms. The lowest BCUT2D eigenvalue weighted by molar-refractivity contribution is 0.374. The van der Waals surface area contributed by atoms with Crippen LogP contribution in [0, 0.1) is 0 Å². The van der Waals surface area contributed by atoms with E-state index in [2.05, 4.69) is 21.0 Å². The maximum atomic E-state index is 12.2. The third-order valence-electron chi connectivity index (χ3n) is 3.89. The molecule has 1 heterocycles. The fourth-order valence-corrected chi connectivity index (χ4v) is 3.86. The number of ether oxygens (including phenoxy) is 1. The third-order valence-corrected chi connectivity index (χ3v) is 5.43. The van der Waals surface area contributed by atoms with Crippen molar-refractivity contribution in [3.05, 3.63) is 64.1 Å². The first kappa shape index (κ1) is 17.0. The van der Waals surface area contributed by atoms with E-state index in [-0.39, 0.29) is 6.04 Å². The lowest BCUT2D eigenvalue weighted by Crippen LogP contribution is -2.25. The topological polar surface area (TPSA) is 59.0 Å². The first-order valence-electron chi connectivity index (χ1n) is 7.35. The van der Waals surface area contributed by atoms with Gasteiger partial charge in [0, 0.05) is 10.9 Å². The van der Waals surface area contributed by atoms with Gasteiger partial charge in [0.1, 0.15) is 5.75 Å². The molecule has 0 saturated heterocycles. The van der Waals surface area contributed by atoms with Gasteiger partial charge in [-0.15, -0.1) is 0 Å². The van der Waals surface area contributed by atoms with Crippen molar-refractivity contribution in [3.63, 3.8) is 0 Å². The number of rotatable bonds is 4. The number of halogens is 1.